The van der Waals surface area contributed by atoms with Gasteiger partial charge >= 0.3 is 6.09 Å². The lowest BCUT2D eigenvalue weighted by Crippen LogP contribution is -2.49. The maximum Gasteiger partial charge on any atom is 0.412 e. The maximum atomic E-state index is 12.2. The topological polar surface area (TPSA) is 58.6 Å². The number of para-hydroxylation sites is 1. The first-order chi connectivity index (χ1) is 10.7. The summed E-state index contributed by atoms with van der Waals surface area (Å²) in [6.45, 7) is 1.46. The van der Waals surface area contributed by atoms with Gasteiger partial charge in [0.1, 0.15) is 5.75 Å². The molecule has 1 aliphatic heterocycles. The molecule has 2 aliphatic rings. The Morgan fingerprint density at radius 2 is 1.73 bits per heavy atom. The van der Waals surface area contributed by atoms with Crippen molar-refractivity contribution in [3.8, 4) is 5.75 Å². The maximum absolute atomic E-state index is 12.2. The first kappa shape index (κ1) is 14.9. The molecule has 1 saturated carbocycles. The van der Waals surface area contributed by atoms with Crippen molar-refractivity contribution in [1.82, 2.24) is 10.2 Å². The van der Waals surface area contributed by atoms with Gasteiger partial charge in [-0.1, -0.05) is 24.6 Å². The Hall–Kier alpha value is -2.04. The summed E-state index contributed by atoms with van der Waals surface area (Å²) < 4.78 is 5.23. The minimum absolute atomic E-state index is 0.0849. The van der Waals surface area contributed by atoms with Gasteiger partial charge in [-0.25, -0.2) is 4.79 Å². The van der Waals surface area contributed by atoms with Gasteiger partial charge in [-0.15, -0.1) is 0 Å². The van der Waals surface area contributed by atoms with Crippen LogP contribution >= 0.6 is 0 Å². The van der Waals surface area contributed by atoms with E-state index in [1.54, 1.807) is 12.1 Å². The highest BCUT2D eigenvalue weighted by atomic mass is 16.6. The van der Waals surface area contributed by atoms with E-state index in [9.17, 15) is 9.59 Å². The molecular formula is C17H22N2O3. The van der Waals surface area contributed by atoms with Gasteiger partial charge in [-0.2, -0.15) is 0 Å². The molecule has 2 amide bonds. The Bertz CT molecular complexity index is 520. The third-order valence-electron chi connectivity index (χ3n) is 4.54. The Balaban J connectivity index is 1.41. The lowest BCUT2D eigenvalue weighted by Gasteiger charge is -2.36. The summed E-state index contributed by atoms with van der Waals surface area (Å²) in [4.78, 5) is 26.0. The number of hydrogen-bond donors (Lipinski definition) is 1. The molecule has 118 valence electrons. The predicted octanol–water partition coefficient (Wildman–Crippen LogP) is 2.57. The van der Waals surface area contributed by atoms with Gasteiger partial charge in [0.25, 0.3) is 0 Å². The van der Waals surface area contributed by atoms with E-state index in [1.165, 1.54) is 6.42 Å². The van der Waals surface area contributed by atoms with E-state index >= 15 is 0 Å². The van der Waals surface area contributed by atoms with Crippen molar-refractivity contribution >= 4 is 12.0 Å². The van der Waals surface area contributed by atoms with Crippen LogP contribution in [0.2, 0.25) is 0 Å². The number of nitrogens with one attached hydrogen (secondary N) is 1. The summed E-state index contributed by atoms with van der Waals surface area (Å²) in [6.07, 6.45) is 4.43. The van der Waals surface area contributed by atoms with Gasteiger partial charge < -0.3 is 15.0 Å². The van der Waals surface area contributed by atoms with E-state index in [0.717, 1.165) is 38.8 Å². The zero-order chi connectivity index (χ0) is 15.4. The number of amides is 2. The third kappa shape index (κ3) is 3.59. The highest BCUT2D eigenvalue weighted by molar-refractivity contribution is 5.79. The second-order valence-corrected chi connectivity index (χ2v) is 6.07. The van der Waals surface area contributed by atoms with Crippen LogP contribution in [0.4, 0.5) is 4.79 Å². The summed E-state index contributed by atoms with van der Waals surface area (Å²) >= 11 is 0. The van der Waals surface area contributed by atoms with Crippen LogP contribution in [-0.2, 0) is 4.79 Å². The molecule has 0 spiro atoms. The SMILES string of the molecule is O=C(NC1CCN(C(=O)C2CCC2)CC1)Oc1ccccc1. The van der Waals surface area contributed by atoms with Crippen molar-refractivity contribution in [3.05, 3.63) is 30.3 Å². The van der Waals surface area contributed by atoms with Crippen molar-refractivity contribution in [2.75, 3.05) is 13.1 Å². The zero-order valence-corrected chi connectivity index (χ0v) is 12.7. The molecule has 3 rings (SSSR count). The minimum atomic E-state index is -0.421. The molecule has 0 atom stereocenters. The highest BCUT2D eigenvalue weighted by Crippen LogP contribution is 2.29. The summed E-state index contributed by atoms with van der Waals surface area (Å²) in [7, 11) is 0. The standard InChI is InChI=1S/C17H22N2O3/c20-16(13-5-4-6-13)19-11-9-14(10-12-19)18-17(21)22-15-7-2-1-3-8-15/h1-3,7-8,13-14H,4-6,9-12H2,(H,18,21). The van der Waals surface area contributed by atoms with E-state index in [2.05, 4.69) is 5.32 Å². The average molecular weight is 302 g/mol. The van der Waals surface area contributed by atoms with Crippen LogP contribution in [0.25, 0.3) is 0 Å². The number of carbonyl (C=O) groups excluding carboxylic acids is 2. The van der Waals surface area contributed by atoms with Crippen LogP contribution in [0.3, 0.4) is 0 Å². The summed E-state index contributed by atoms with van der Waals surface area (Å²) in [5, 5.41) is 2.88. The van der Waals surface area contributed by atoms with Gasteiger partial charge in [0.2, 0.25) is 5.91 Å². The summed E-state index contributed by atoms with van der Waals surface area (Å²) in [5.41, 5.74) is 0. The number of hydrogen-bond acceptors (Lipinski definition) is 3. The number of carbonyl (C=O) groups is 2. The molecule has 1 aromatic rings. The third-order valence-corrected chi connectivity index (χ3v) is 4.54. The number of piperidine rings is 1. The number of rotatable bonds is 3. The molecule has 0 radical (unpaired) electrons. The molecule has 1 heterocycles. The molecule has 2 fully saturated rings. The van der Waals surface area contributed by atoms with Gasteiger partial charge in [0.05, 0.1) is 0 Å². The van der Waals surface area contributed by atoms with Gasteiger partial charge in [0.15, 0.2) is 0 Å². The quantitative estimate of drug-likeness (QED) is 0.933. The van der Waals surface area contributed by atoms with Crippen molar-refractivity contribution in [1.29, 1.82) is 0 Å². The number of ether oxygens (including phenoxy) is 1. The molecule has 1 aliphatic carbocycles. The highest BCUT2D eigenvalue weighted by Gasteiger charge is 2.31. The van der Waals surface area contributed by atoms with E-state index in [4.69, 9.17) is 4.74 Å². The van der Waals surface area contributed by atoms with Crippen molar-refractivity contribution in [2.24, 2.45) is 5.92 Å². The smallest absolute Gasteiger partial charge is 0.410 e. The monoisotopic (exact) mass is 302 g/mol. The van der Waals surface area contributed by atoms with Gasteiger partial charge in [0, 0.05) is 25.0 Å². The molecule has 1 aromatic carbocycles. The molecule has 0 aromatic heterocycles. The predicted molar refractivity (Wildman–Crippen MR) is 82.5 cm³/mol. The van der Waals surface area contributed by atoms with Gasteiger partial charge in [-0.3, -0.25) is 4.79 Å². The minimum Gasteiger partial charge on any atom is -0.410 e. The van der Waals surface area contributed by atoms with Crippen LogP contribution in [0, 0.1) is 5.92 Å². The fraction of sp³-hybridized carbons (Fsp3) is 0.529. The molecule has 0 bridgehead atoms. The van der Waals surface area contributed by atoms with E-state index < -0.39 is 6.09 Å². The number of benzene rings is 1. The fourth-order valence-electron chi connectivity index (χ4n) is 2.95. The van der Waals surface area contributed by atoms with E-state index in [0.29, 0.717) is 11.7 Å². The van der Waals surface area contributed by atoms with Crippen LogP contribution < -0.4 is 10.1 Å². The number of nitrogens with zero attached hydrogens (tertiary/aromatic N) is 1. The second-order valence-electron chi connectivity index (χ2n) is 6.07. The Kier molecular flexibility index (Phi) is 4.61. The Morgan fingerprint density at radius 3 is 2.32 bits per heavy atom. The second kappa shape index (κ2) is 6.81. The van der Waals surface area contributed by atoms with E-state index in [1.807, 2.05) is 23.1 Å². The lowest BCUT2D eigenvalue weighted by molar-refractivity contribution is -0.139. The van der Waals surface area contributed by atoms with E-state index in [-0.39, 0.29) is 12.0 Å². The lowest BCUT2D eigenvalue weighted by atomic mass is 9.84. The molecule has 5 nitrogen and oxygen atoms in total. The van der Waals surface area contributed by atoms with Crippen molar-refractivity contribution in [2.45, 2.75) is 38.1 Å². The van der Waals surface area contributed by atoms with Crippen molar-refractivity contribution in [3.63, 3.8) is 0 Å². The number of likely N-dealkylation sites (tertiary alicyclic amines) is 1. The largest absolute Gasteiger partial charge is 0.412 e. The molecule has 0 unspecified atom stereocenters. The Morgan fingerprint density at radius 1 is 1.05 bits per heavy atom. The fourth-order valence-corrected chi connectivity index (χ4v) is 2.95. The van der Waals surface area contributed by atoms with Crippen LogP contribution in [-0.4, -0.2) is 36.0 Å². The molecule has 1 N–H and O–H groups in total. The first-order valence-corrected chi connectivity index (χ1v) is 8.04. The summed E-state index contributed by atoms with van der Waals surface area (Å²) in [5.74, 6) is 1.10. The van der Waals surface area contributed by atoms with Gasteiger partial charge in [-0.05, 0) is 37.8 Å². The first-order valence-electron chi connectivity index (χ1n) is 8.04. The van der Waals surface area contributed by atoms with Crippen LogP contribution in [0.15, 0.2) is 30.3 Å². The van der Waals surface area contributed by atoms with Crippen molar-refractivity contribution < 1.29 is 14.3 Å². The normalized spacial score (nSPS) is 19.4. The molecule has 22 heavy (non-hydrogen) atoms. The molecule has 1 saturated heterocycles. The molecular weight excluding hydrogens is 280 g/mol. The van der Waals surface area contributed by atoms with Crippen LogP contribution in [0.1, 0.15) is 32.1 Å². The van der Waals surface area contributed by atoms with Crippen LogP contribution in [0.5, 0.6) is 5.75 Å². The zero-order valence-electron chi connectivity index (χ0n) is 12.7. The summed E-state index contributed by atoms with van der Waals surface area (Å²) in [6, 6.07) is 9.11. The molecule has 5 heteroatoms. The average Bonchev–Trinajstić information content (AvgIpc) is 2.47. The Labute approximate surface area is 130 Å².